The number of piperidine rings is 1. The van der Waals surface area contributed by atoms with Crippen molar-refractivity contribution in [2.24, 2.45) is 5.41 Å². The van der Waals surface area contributed by atoms with Gasteiger partial charge >= 0.3 is 12.1 Å². The van der Waals surface area contributed by atoms with Gasteiger partial charge in [-0.1, -0.05) is 18.2 Å². The number of anilines is 2. The minimum atomic E-state index is -4.83. The molecular weight excluding hydrogens is 639 g/mol. The first-order valence-corrected chi connectivity index (χ1v) is 16.2. The summed E-state index contributed by atoms with van der Waals surface area (Å²) in [6, 6.07) is 12.9. The number of carbonyl (C=O) groups is 1. The summed E-state index contributed by atoms with van der Waals surface area (Å²) in [6.45, 7) is 9.22. The average Bonchev–Trinajstić information content (AvgIpc) is 3.66. The van der Waals surface area contributed by atoms with Gasteiger partial charge in [-0.05, 0) is 93.3 Å². The van der Waals surface area contributed by atoms with E-state index in [4.69, 9.17) is 15.2 Å². The zero-order chi connectivity index (χ0) is 35.1. The molecule has 2 saturated heterocycles. The number of ether oxygens (including phenoxy) is 2. The van der Waals surface area contributed by atoms with E-state index in [2.05, 4.69) is 20.4 Å². The van der Waals surface area contributed by atoms with Crippen LogP contribution in [0.4, 0.5) is 24.9 Å². The van der Waals surface area contributed by atoms with E-state index in [1.165, 1.54) is 16.8 Å². The number of nitrogens with zero attached hydrogens (tertiary/aromatic N) is 5. The fourth-order valence-corrected chi connectivity index (χ4v) is 6.67. The number of aryl methyl sites for hydroxylation is 2. The minimum Gasteiger partial charge on any atom is -0.491 e. The van der Waals surface area contributed by atoms with Crippen LogP contribution < -0.4 is 25.4 Å². The molecule has 2 aliphatic rings. The predicted molar refractivity (Wildman–Crippen MR) is 178 cm³/mol. The Balaban J connectivity index is 1.30. The number of nitrogens with one attached hydrogen (secondary N) is 1. The van der Waals surface area contributed by atoms with E-state index >= 15 is 0 Å². The molecule has 2 unspecified atom stereocenters. The van der Waals surface area contributed by atoms with Crippen LogP contribution in [-0.4, -0.2) is 68.8 Å². The van der Waals surface area contributed by atoms with E-state index in [1.807, 2.05) is 43.9 Å². The molecule has 0 aliphatic carbocycles. The van der Waals surface area contributed by atoms with Gasteiger partial charge in [0.25, 0.3) is 0 Å². The third kappa shape index (κ3) is 7.43. The molecule has 1 spiro atoms. The number of carboxylic acids is 1. The fourth-order valence-electron chi connectivity index (χ4n) is 6.67. The van der Waals surface area contributed by atoms with Crippen LogP contribution >= 0.6 is 0 Å². The van der Waals surface area contributed by atoms with Gasteiger partial charge in [0, 0.05) is 37.5 Å². The topological polar surface area (TPSA) is 141 Å². The number of carboxylic acid groups (broad SMARTS) is 1. The lowest BCUT2D eigenvalue weighted by Gasteiger charge is -2.39. The first-order valence-electron chi connectivity index (χ1n) is 16.2. The molecule has 2 aromatic carbocycles. The number of hydrogen-bond acceptors (Lipinski definition) is 9. The van der Waals surface area contributed by atoms with E-state index < -0.39 is 24.3 Å². The van der Waals surface area contributed by atoms with Crippen LogP contribution in [0.3, 0.4) is 0 Å². The number of aliphatic carboxylic acids is 1. The molecule has 0 bridgehead atoms. The number of nitrogen functional groups attached to an aromatic ring is 1. The second-order valence-corrected chi connectivity index (χ2v) is 13.2. The number of rotatable bonds is 9. The van der Waals surface area contributed by atoms with Gasteiger partial charge in [0.2, 0.25) is 17.9 Å². The summed E-state index contributed by atoms with van der Waals surface area (Å²) in [5, 5.41) is 16.9. The molecule has 0 amide bonds. The predicted octanol–water partition coefficient (Wildman–Crippen LogP) is 6.03. The van der Waals surface area contributed by atoms with E-state index in [0.29, 0.717) is 56.0 Å². The first-order chi connectivity index (χ1) is 23.2. The lowest BCUT2D eigenvalue weighted by molar-refractivity contribution is -0.198. The molecule has 2 aliphatic heterocycles. The van der Waals surface area contributed by atoms with Crippen LogP contribution in [0.1, 0.15) is 56.0 Å². The lowest BCUT2D eigenvalue weighted by atomic mass is 9.76. The normalized spacial score (nSPS) is 18.2. The summed E-state index contributed by atoms with van der Waals surface area (Å²) in [7, 11) is 0. The Bertz CT molecular complexity index is 1840. The molecule has 14 heteroatoms. The number of alkyl halides is 3. The van der Waals surface area contributed by atoms with Crippen molar-refractivity contribution in [3.05, 3.63) is 71.5 Å². The molecule has 0 saturated carbocycles. The van der Waals surface area contributed by atoms with Crippen LogP contribution in [0.2, 0.25) is 0 Å². The minimum absolute atomic E-state index is 0.00545. The number of nitrogens with two attached hydrogens (primary N) is 1. The Morgan fingerprint density at radius 3 is 2.37 bits per heavy atom. The van der Waals surface area contributed by atoms with Crippen molar-refractivity contribution < 1.29 is 32.5 Å². The van der Waals surface area contributed by atoms with Crippen LogP contribution in [0, 0.1) is 19.3 Å². The zero-order valence-corrected chi connectivity index (χ0v) is 27.8. The Hall–Kier alpha value is -4.85. The van der Waals surface area contributed by atoms with Crippen LogP contribution in [0.15, 0.2) is 54.7 Å². The molecule has 4 N–H and O–H groups in total. The summed E-state index contributed by atoms with van der Waals surface area (Å²) in [5.41, 5.74) is 8.91. The molecule has 2 aromatic heterocycles. The number of halogens is 3. The molecule has 0 radical (unpaired) electrons. The van der Waals surface area contributed by atoms with Gasteiger partial charge < -0.3 is 30.5 Å². The highest BCUT2D eigenvalue weighted by molar-refractivity contribution is 5.74. The zero-order valence-electron chi connectivity index (χ0n) is 27.8. The molecule has 49 heavy (non-hydrogen) atoms. The van der Waals surface area contributed by atoms with Gasteiger partial charge in [0.15, 0.2) is 0 Å². The lowest BCUT2D eigenvalue weighted by Crippen LogP contribution is -2.41. The summed E-state index contributed by atoms with van der Waals surface area (Å²) in [6.07, 6.45) is -3.72. The maximum atomic E-state index is 14.9. The molecule has 6 rings (SSSR count). The van der Waals surface area contributed by atoms with Crippen molar-refractivity contribution in [2.75, 3.05) is 30.3 Å². The maximum absolute atomic E-state index is 14.9. The third-order valence-electron chi connectivity index (χ3n) is 9.20. The van der Waals surface area contributed by atoms with Gasteiger partial charge in [0.05, 0.1) is 17.5 Å². The monoisotopic (exact) mass is 679 g/mol. The number of benzene rings is 2. The van der Waals surface area contributed by atoms with E-state index in [0.717, 1.165) is 16.9 Å². The summed E-state index contributed by atoms with van der Waals surface area (Å²) >= 11 is 0. The molecule has 4 aromatic rings. The Labute approximate surface area is 282 Å². The SMILES string of the molecule is Cc1ccn(-c2cc(-c3ccc(OC(C)C)c(C)c3)ccc2C(Oc2cc(N3CCC4(CC3)CNC(C(=O)O)C4)nc(N)n2)C(F)(F)F)n1. The van der Waals surface area contributed by atoms with Crippen molar-refractivity contribution in [3.63, 3.8) is 0 Å². The van der Waals surface area contributed by atoms with Gasteiger partial charge in [-0.25, -0.2) is 4.68 Å². The van der Waals surface area contributed by atoms with Crippen molar-refractivity contribution >= 4 is 17.7 Å². The second kappa shape index (κ2) is 13.2. The Morgan fingerprint density at radius 2 is 1.76 bits per heavy atom. The summed E-state index contributed by atoms with van der Waals surface area (Å²) in [4.78, 5) is 21.7. The van der Waals surface area contributed by atoms with Gasteiger partial charge in [0.1, 0.15) is 17.6 Å². The van der Waals surface area contributed by atoms with Crippen LogP contribution in [0.5, 0.6) is 11.6 Å². The van der Waals surface area contributed by atoms with Gasteiger partial charge in [-0.3, -0.25) is 4.79 Å². The number of hydrogen-bond donors (Lipinski definition) is 3. The highest BCUT2D eigenvalue weighted by atomic mass is 19.4. The average molecular weight is 680 g/mol. The highest BCUT2D eigenvalue weighted by Gasteiger charge is 2.46. The van der Waals surface area contributed by atoms with Crippen LogP contribution in [0.25, 0.3) is 16.8 Å². The fraction of sp³-hybridized carbons (Fsp3) is 0.429. The second-order valence-electron chi connectivity index (χ2n) is 13.2. The van der Waals surface area contributed by atoms with Crippen molar-refractivity contribution in [1.29, 1.82) is 0 Å². The largest absolute Gasteiger partial charge is 0.491 e. The molecular formula is C35H40F3N7O4. The Kier molecular flexibility index (Phi) is 9.18. The third-order valence-corrected chi connectivity index (χ3v) is 9.20. The van der Waals surface area contributed by atoms with Crippen molar-refractivity contribution in [3.8, 4) is 28.4 Å². The van der Waals surface area contributed by atoms with E-state index in [1.54, 1.807) is 31.3 Å². The van der Waals surface area contributed by atoms with Gasteiger partial charge in [-0.15, -0.1) is 0 Å². The van der Waals surface area contributed by atoms with Gasteiger partial charge in [-0.2, -0.15) is 28.2 Å². The Morgan fingerprint density at radius 1 is 1.04 bits per heavy atom. The van der Waals surface area contributed by atoms with E-state index in [9.17, 15) is 23.1 Å². The van der Waals surface area contributed by atoms with Crippen LogP contribution in [-0.2, 0) is 4.79 Å². The summed E-state index contributed by atoms with van der Waals surface area (Å²) < 4.78 is 57.7. The smallest absolute Gasteiger partial charge is 0.429 e. The molecule has 2 atom stereocenters. The molecule has 4 heterocycles. The first kappa shape index (κ1) is 34.0. The number of aromatic nitrogens is 4. The highest BCUT2D eigenvalue weighted by Crippen LogP contribution is 2.43. The van der Waals surface area contributed by atoms with Crippen molar-refractivity contribution in [1.82, 2.24) is 25.1 Å². The maximum Gasteiger partial charge on any atom is 0.429 e. The standard InChI is InChI=1S/C35H40F3N7O4/c1-20(2)48-28-8-6-23(15-21(28)3)24-5-7-25(27(16-24)45-12-9-22(4)43-45)31(35(36,37)38)49-30-17-29(41-33(39)42-30)44-13-10-34(11-14-44)18-26(32(46)47)40-19-34/h5-9,12,15-17,20,26,31,40H,10-11,13-14,18-19H2,1-4H3,(H,46,47)(H2,39,41,42). The molecule has 2 fully saturated rings. The quantitative estimate of drug-likeness (QED) is 0.192. The van der Waals surface area contributed by atoms with Crippen molar-refractivity contribution in [2.45, 2.75) is 71.4 Å². The molecule has 260 valence electrons. The van der Waals surface area contributed by atoms with E-state index in [-0.39, 0.29) is 34.6 Å². The summed E-state index contributed by atoms with van der Waals surface area (Å²) in [5.74, 6) is -0.330. The molecule has 11 nitrogen and oxygen atoms in total.